The van der Waals surface area contributed by atoms with Crippen LogP contribution in [0.2, 0.25) is 0 Å². The quantitative estimate of drug-likeness (QED) is 0.378. The normalized spacial score (nSPS) is 15.9. The molecule has 0 radical (unpaired) electrons. The summed E-state index contributed by atoms with van der Waals surface area (Å²) in [6.07, 6.45) is 7.88. The van der Waals surface area contributed by atoms with E-state index in [4.69, 9.17) is 9.97 Å². The van der Waals surface area contributed by atoms with Gasteiger partial charge in [0.2, 0.25) is 0 Å². The van der Waals surface area contributed by atoms with Crippen LogP contribution in [-0.4, -0.2) is 40.7 Å². The summed E-state index contributed by atoms with van der Waals surface area (Å²) in [4.78, 5) is 14.4. The first-order chi connectivity index (χ1) is 17.1. The van der Waals surface area contributed by atoms with E-state index in [1.54, 1.807) is 6.07 Å². The van der Waals surface area contributed by atoms with Gasteiger partial charge in [0.25, 0.3) is 0 Å². The lowest BCUT2D eigenvalue weighted by Gasteiger charge is -2.28. The third kappa shape index (κ3) is 3.89. The highest BCUT2D eigenvalue weighted by Crippen LogP contribution is 2.35. The molecule has 0 spiro atoms. The predicted octanol–water partition coefficient (Wildman–Crippen LogP) is 5.69. The number of hydrogen-bond acceptors (Lipinski definition) is 5. The molecule has 2 aromatic heterocycles. The lowest BCUT2D eigenvalue weighted by atomic mass is 10.1. The highest BCUT2D eigenvalue weighted by atomic mass is 19.1. The van der Waals surface area contributed by atoms with Gasteiger partial charge in [-0.15, -0.1) is 0 Å². The van der Waals surface area contributed by atoms with Crippen molar-refractivity contribution >= 4 is 22.5 Å². The van der Waals surface area contributed by atoms with Crippen LogP contribution in [0.3, 0.4) is 0 Å². The van der Waals surface area contributed by atoms with Gasteiger partial charge in [-0.3, -0.25) is 4.57 Å². The number of nitrogens with zero attached hydrogens (tertiary/aromatic N) is 6. The van der Waals surface area contributed by atoms with Gasteiger partial charge in [-0.25, -0.2) is 14.4 Å². The lowest BCUT2D eigenvalue weighted by molar-refractivity contribution is 0.578. The molecular weight excluding hydrogens is 439 g/mol. The fraction of sp³-hybridized carbons (Fsp3) is 0.321. The van der Waals surface area contributed by atoms with E-state index in [2.05, 4.69) is 41.1 Å². The molecule has 35 heavy (non-hydrogen) atoms. The summed E-state index contributed by atoms with van der Waals surface area (Å²) in [5, 5.41) is 9.19. The van der Waals surface area contributed by atoms with E-state index in [-0.39, 0.29) is 5.56 Å². The first kappa shape index (κ1) is 21.6. The van der Waals surface area contributed by atoms with Crippen molar-refractivity contribution in [3.8, 4) is 23.1 Å². The predicted molar refractivity (Wildman–Crippen MR) is 136 cm³/mol. The van der Waals surface area contributed by atoms with Gasteiger partial charge in [0.1, 0.15) is 23.2 Å². The van der Waals surface area contributed by atoms with Crippen molar-refractivity contribution in [2.75, 3.05) is 29.9 Å². The molecule has 4 aromatic rings. The number of rotatable bonds is 5. The minimum atomic E-state index is -0.547. The number of piperidine rings is 1. The Morgan fingerprint density at radius 3 is 2.49 bits per heavy atom. The summed E-state index contributed by atoms with van der Waals surface area (Å²) < 4.78 is 16.6. The number of pyridine rings is 1. The van der Waals surface area contributed by atoms with Crippen molar-refractivity contribution in [1.29, 1.82) is 5.26 Å². The highest BCUT2D eigenvalue weighted by Gasteiger charge is 2.27. The third-order valence-electron chi connectivity index (χ3n) is 7.18. The second-order valence-corrected chi connectivity index (χ2v) is 9.49. The molecule has 1 saturated heterocycles. The van der Waals surface area contributed by atoms with Gasteiger partial charge < -0.3 is 9.80 Å². The maximum absolute atomic E-state index is 14.6. The Bertz CT molecular complexity index is 1420. The zero-order chi connectivity index (χ0) is 23.9. The monoisotopic (exact) mass is 466 g/mol. The summed E-state index contributed by atoms with van der Waals surface area (Å²) in [5.41, 5.74) is 5.36. The fourth-order valence-electron chi connectivity index (χ4n) is 5.04. The van der Waals surface area contributed by atoms with Crippen LogP contribution in [0.25, 0.3) is 28.2 Å². The summed E-state index contributed by atoms with van der Waals surface area (Å²) in [7, 11) is 2.14. The molecule has 0 atom stereocenters. The van der Waals surface area contributed by atoms with Crippen LogP contribution in [0.4, 0.5) is 15.8 Å². The minimum Gasteiger partial charge on any atom is -0.372 e. The fourth-order valence-corrected chi connectivity index (χ4v) is 5.04. The topological polar surface area (TPSA) is 61.0 Å². The minimum absolute atomic E-state index is 0.0241. The molecule has 176 valence electrons. The summed E-state index contributed by atoms with van der Waals surface area (Å²) in [6.45, 7) is 1.99. The summed E-state index contributed by atoms with van der Waals surface area (Å²) in [6, 6.07) is 17.6. The summed E-state index contributed by atoms with van der Waals surface area (Å²) >= 11 is 0. The van der Waals surface area contributed by atoms with Crippen LogP contribution < -0.4 is 9.80 Å². The number of halogens is 1. The van der Waals surface area contributed by atoms with Crippen LogP contribution >= 0.6 is 0 Å². The standard InChI is InChI=1S/C28H27FN6/c1-33(21-7-8-21)22-9-11-23(12-10-22)35-27(19-5-6-20(18-30)24(29)17-19)32-26-25(13-14-31-28(26)35)34-15-3-2-4-16-34/h5-6,9-14,17,21H,2-4,7-8,15-16H2,1H3. The van der Waals surface area contributed by atoms with Gasteiger partial charge in [0, 0.05) is 49.3 Å². The molecule has 6 nitrogen and oxygen atoms in total. The Balaban J connectivity index is 1.52. The number of imidazole rings is 1. The molecule has 1 saturated carbocycles. The van der Waals surface area contributed by atoms with Crippen LogP contribution in [0.1, 0.15) is 37.7 Å². The van der Waals surface area contributed by atoms with E-state index in [0.29, 0.717) is 17.4 Å². The second kappa shape index (κ2) is 8.70. The Kier molecular flexibility index (Phi) is 5.37. The molecule has 0 bridgehead atoms. The molecule has 3 heterocycles. The number of hydrogen-bond donors (Lipinski definition) is 0. The van der Waals surface area contributed by atoms with Crippen LogP contribution in [0.15, 0.2) is 54.7 Å². The molecule has 2 aliphatic rings. The van der Waals surface area contributed by atoms with Gasteiger partial charge in [-0.2, -0.15) is 5.26 Å². The summed E-state index contributed by atoms with van der Waals surface area (Å²) in [5.74, 6) is 0.0675. The largest absolute Gasteiger partial charge is 0.372 e. The molecular formula is C28H27FN6. The van der Waals surface area contributed by atoms with Gasteiger partial charge in [-0.05, 0) is 80.6 Å². The highest BCUT2D eigenvalue weighted by molar-refractivity contribution is 5.90. The molecule has 7 heteroatoms. The average Bonchev–Trinajstić information content (AvgIpc) is 3.68. The van der Waals surface area contributed by atoms with Crippen LogP contribution in [0.5, 0.6) is 0 Å². The molecule has 6 rings (SSSR count). The molecule has 0 unspecified atom stereocenters. The first-order valence-corrected chi connectivity index (χ1v) is 12.3. The number of anilines is 2. The number of aromatic nitrogens is 3. The van der Waals surface area contributed by atoms with Crippen molar-refractivity contribution in [2.45, 2.75) is 38.1 Å². The van der Waals surface area contributed by atoms with E-state index in [0.717, 1.165) is 48.5 Å². The van der Waals surface area contributed by atoms with Crippen molar-refractivity contribution in [3.63, 3.8) is 0 Å². The van der Waals surface area contributed by atoms with E-state index in [1.165, 1.54) is 37.1 Å². The maximum atomic E-state index is 14.6. The molecule has 2 aromatic carbocycles. The van der Waals surface area contributed by atoms with Crippen molar-refractivity contribution < 1.29 is 4.39 Å². The van der Waals surface area contributed by atoms with E-state index in [1.807, 2.05) is 22.9 Å². The molecule has 0 amide bonds. The number of benzene rings is 2. The Morgan fingerprint density at radius 1 is 1.03 bits per heavy atom. The van der Waals surface area contributed by atoms with Crippen molar-refractivity contribution in [3.05, 3.63) is 66.1 Å². The SMILES string of the molecule is CN(c1ccc(-n2c(-c3ccc(C#N)c(F)c3)nc3c(N4CCCCC4)ccnc32)cc1)C1CC1. The Labute approximate surface area is 204 Å². The zero-order valence-corrected chi connectivity index (χ0v) is 19.8. The van der Waals surface area contributed by atoms with E-state index in [9.17, 15) is 9.65 Å². The van der Waals surface area contributed by atoms with Gasteiger partial charge >= 0.3 is 0 Å². The average molecular weight is 467 g/mol. The Morgan fingerprint density at radius 2 is 1.80 bits per heavy atom. The van der Waals surface area contributed by atoms with Crippen molar-refractivity contribution in [1.82, 2.24) is 14.5 Å². The number of nitriles is 1. The van der Waals surface area contributed by atoms with Crippen molar-refractivity contribution in [2.24, 2.45) is 0 Å². The Hall–Kier alpha value is -3.92. The zero-order valence-electron chi connectivity index (χ0n) is 19.8. The van der Waals surface area contributed by atoms with E-state index < -0.39 is 5.82 Å². The molecule has 1 aliphatic carbocycles. The van der Waals surface area contributed by atoms with Gasteiger partial charge in [-0.1, -0.05) is 0 Å². The third-order valence-corrected chi connectivity index (χ3v) is 7.18. The van der Waals surface area contributed by atoms with Crippen LogP contribution in [0, 0.1) is 17.1 Å². The smallest absolute Gasteiger partial charge is 0.167 e. The molecule has 0 N–H and O–H groups in total. The first-order valence-electron chi connectivity index (χ1n) is 12.3. The maximum Gasteiger partial charge on any atom is 0.167 e. The number of fused-ring (bicyclic) bond motifs is 1. The second-order valence-electron chi connectivity index (χ2n) is 9.49. The van der Waals surface area contributed by atoms with E-state index >= 15 is 0 Å². The lowest BCUT2D eigenvalue weighted by Crippen LogP contribution is -2.29. The molecule has 1 aliphatic heterocycles. The molecule has 2 fully saturated rings. The van der Waals surface area contributed by atoms with Crippen LogP contribution in [-0.2, 0) is 0 Å². The van der Waals surface area contributed by atoms with Gasteiger partial charge in [0.05, 0.1) is 11.3 Å². The van der Waals surface area contributed by atoms with Gasteiger partial charge in [0.15, 0.2) is 5.65 Å².